The van der Waals surface area contributed by atoms with E-state index in [0.29, 0.717) is 12.5 Å². The molecule has 1 atom stereocenters. The average molecular weight is 224 g/mol. The lowest BCUT2D eigenvalue weighted by Gasteiger charge is -2.27. The number of rotatable bonds is 5. The molecule has 1 aromatic rings. The molecule has 1 N–H and O–H groups in total. The minimum absolute atomic E-state index is 0.227. The summed E-state index contributed by atoms with van der Waals surface area (Å²) in [5.41, 5.74) is 0.552. The Morgan fingerprint density at radius 3 is 2.50 bits per heavy atom. The van der Waals surface area contributed by atoms with Crippen molar-refractivity contribution in [3.63, 3.8) is 0 Å². The van der Waals surface area contributed by atoms with Gasteiger partial charge in [0.05, 0.1) is 18.3 Å². The second kappa shape index (κ2) is 5.00. The minimum atomic E-state index is -0.693. The maximum absolute atomic E-state index is 10.2. The highest BCUT2D eigenvalue weighted by Gasteiger charge is 2.25. The van der Waals surface area contributed by atoms with Gasteiger partial charge in [0, 0.05) is 6.20 Å². The molecule has 0 spiro atoms. The number of hydrogen-bond donors (Lipinski definition) is 1. The fourth-order valence-corrected chi connectivity index (χ4v) is 1.58. The van der Waals surface area contributed by atoms with E-state index in [-0.39, 0.29) is 5.92 Å². The molecule has 0 fully saturated rings. The number of hydrogen-bond acceptors (Lipinski definition) is 2. The molecule has 0 bridgehead atoms. The first kappa shape index (κ1) is 13.2. The van der Waals surface area contributed by atoms with Crippen molar-refractivity contribution < 1.29 is 5.11 Å². The Morgan fingerprint density at radius 1 is 1.38 bits per heavy atom. The van der Waals surface area contributed by atoms with Crippen LogP contribution in [-0.2, 0) is 13.0 Å². The van der Waals surface area contributed by atoms with E-state index in [2.05, 4.69) is 18.9 Å². The lowest BCUT2D eigenvalue weighted by molar-refractivity contribution is -0.00569. The third kappa shape index (κ3) is 3.63. The SMILES string of the molecule is CC(C)Cc1cnn(CC(C)(O)C(C)C)c1. The van der Waals surface area contributed by atoms with E-state index in [1.807, 2.05) is 37.8 Å². The quantitative estimate of drug-likeness (QED) is 0.834. The van der Waals surface area contributed by atoms with Gasteiger partial charge in [-0.2, -0.15) is 5.10 Å². The number of aliphatic hydroxyl groups is 1. The van der Waals surface area contributed by atoms with E-state index in [1.54, 1.807) is 0 Å². The maximum atomic E-state index is 10.2. The van der Waals surface area contributed by atoms with Gasteiger partial charge < -0.3 is 5.11 Å². The van der Waals surface area contributed by atoms with Crippen LogP contribution in [0.25, 0.3) is 0 Å². The fraction of sp³-hybridized carbons (Fsp3) is 0.769. The molecule has 1 unspecified atom stereocenters. The zero-order valence-electron chi connectivity index (χ0n) is 11.1. The van der Waals surface area contributed by atoms with Crippen LogP contribution in [0.15, 0.2) is 12.4 Å². The van der Waals surface area contributed by atoms with Crippen LogP contribution in [0.1, 0.15) is 40.2 Å². The van der Waals surface area contributed by atoms with Crippen LogP contribution in [0, 0.1) is 11.8 Å². The molecular weight excluding hydrogens is 200 g/mol. The van der Waals surface area contributed by atoms with Crippen molar-refractivity contribution in [1.29, 1.82) is 0 Å². The largest absolute Gasteiger partial charge is 0.388 e. The van der Waals surface area contributed by atoms with E-state index in [1.165, 1.54) is 5.56 Å². The van der Waals surface area contributed by atoms with Gasteiger partial charge in [-0.1, -0.05) is 27.7 Å². The highest BCUT2D eigenvalue weighted by molar-refractivity contribution is 5.04. The Morgan fingerprint density at radius 2 is 2.00 bits per heavy atom. The van der Waals surface area contributed by atoms with E-state index >= 15 is 0 Å². The first-order valence-corrected chi connectivity index (χ1v) is 6.05. The summed E-state index contributed by atoms with van der Waals surface area (Å²) >= 11 is 0. The molecule has 3 nitrogen and oxygen atoms in total. The summed E-state index contributed by atoms with van der Waals surface area (Å²) in [5.74, 6) is 0.869. The average Bonchev–Trinajstić information content (AvgIpc) is 2.50. The molecule has 0 saturated carbocycles. The van der Waals surface area contributed by atoms with Crippen LogP contribution < -0.4 is 0 Å². The molecule has 0 aliphatic rings. The van der Waals surface area contributed by atoms with E-state index in [9.17, 15) is 5.11 Å². The standard InChI is InChI=1S/C13H24N2O/c1-10(2)6-12-7-14-15(8-12)9-13(5,16)11(3)4/h7-8,10-11,16H,6,9H2,1-5H3. The Balaban J connectivity index is 2.65. The minimum Gasteiger partial charge on any atom is -0.388 e. The summed E-state index contributed by atoms with van der Waals surface area (Å²) < 4.78 is 1.84. The van der Waals surface area contributed by atoms with Crippen molar-refractivity contribution in [3.8, 4) is 0 Å². The van der Waals surface area contributed by atoms with Gasteiger partial charge in [0.1, 0.15) is 0 Å². The monoisotopic (exact) mass is 224 g/mol. The van der Waals surface area contributed by atoms with Crippen molar-refractivity contribution in [2.45, 2.75) is 53.2 Å². The van der Waals surface area contributed by atoms with Gasteiger partial charge in [0.15, 0.2) is 0 Å². The zero-order valence-corrected chi connectivity index (χ0v) is 11.1. The molecule has 16 heavy (non-hydrogen) atoms. The lowest BCUT2D eigenvalue weighted by atomic mass is 9.93. The van der Waals surface area contributed by atoms with Crippen LogP contribution in [0.3, 0.4) is 0 Å². The summed E-state index contributed by atoms with van der Waals surface area (Å²) in [4.78, 5) is 0. The molecular formula is C13H24N2O. The molecule has 1 heterocycles. The molecule has 0 aliphatic carbocycles. The van der Waals surface area contributed by atoms with Gasteiger partial charge in [0.25, 0.3) is 0 Å². The Bertz CT molecular complexity index is 326. The molecule has 0 radical (unpaired) electrons. The second-order valence-electron chi connectivity index (χ2n) is 5.66. The topological polar surface area (TPSA) is 38.0 Å². The summed E-state index contributed by atoms with van der Waals surface area (Å²) in [6.45, 7) is 10.9. The first-order valence-electron chi connectivity index (χ1n) is 6.05. The van der Waals surface area contributed by atoms with Crippen LogP contribution >= 0.6 is 0 Å². The predicted molar refractivity (Wildman–Crippen MR) is 66.2 cm³/mol. The summed E-state index contributed by atoms with van der Waals surface area (Å²) in [6, 6.07) is 0. The highest BCUT2D eigenvalue weighted by atomic mass is 16.3. The predicted octanol–water partition coefficient (Wildman–Crippen LogP) is 2.49. The van der Waals surface area contributed by atoms with Crippen LogP contribution in [0.4, 0.5) is 0 Å². The molecule has 0 saturated heterocycles. The Labute approximate surface area is 98.5 Å². The second-order valence-corrected chi connectivity index (χ2v) is 5.66. The van der Waals surface area contributed by atoms with Crippen molar-refractivity contribution >= 4 is 0 Å². The van der Waals surface area contributed by atoms with E-state index in [4.69, 9.17) is 0 Å². The lowest BCUT2D eigenvalue weighted by Crippen LogP contribution is -2.36. The van der Waals surface area contributed by atoms with E-state index in [0.717, 1.165) is 6.42 Å². The number of nitrogens with zero attached hydrogens (tertiary/aromatic N) is 2. The summed E-state index contributed by atoms with van der Waals surface area (Å²) in [7, 11) is 0. The molecule has 1 rings (SSSR count). The van der Waals surface area contributed by atoms with Gasteiger partial charge in [-0.3, -0.25) is 4.68 Å². The zero-order chi connectivity index (χ0) is 12.3. The van der Waals surface area contributed by atoms with Crippen LogP contribution in [0.2, 0.25) is 0 Å². The Kier molecular flexibility index (Phi) is 4.14. The smallest absolute Gasteiger partial charge is 0.0837 e. The third-order valence-corrected chi connectivity index (χ3v) is 3.06. The summed E-state index contributed by atoms with van der Waals surface area (Å²) in [5, 5.41) is 14.5. The van der Waals surface area contributed by atoms with E-state index < -0.39 is 5.60 Å². The van der Waals surface area contributed by atoms with Crippen LogP contribution in [0.5, 0.6) is 0 Å². The molecule has 0 amide bonds. The molecule has 0 aromatic carbocycles. The van der Waals surface area contributed by atoms with Gasteiger partial charge in [-0.25, -0.2) is 0 Å². The van der Waals surface area contributed by atoms with Crippen molar-refractivity contribution in [3.05, 3.63) is 18.0 Å². The molecule has 0 aliphatic heterocycles. The van der Waals surface area contributed by atoms with Crippen molar-refractivity contribution in [1.82, 2.24) is 9.78 Å². The van der Waals surface area contributed by atoms with Gasteiger partial charge in [-0.05, 0) is 30.7 Å². The molecule has 3 heteroatoms. The van der Waals surface area contributed by atoms with Gasteiger partial charge >= 0.3 is 0 Å². The summed E-state index contributed by atoms with van der Waals surface area (Å²) in [6.07, 6.45) is 4.98. The third-order valence-electron chi connectivity index (χ3n) is 3.06. The molecule has 92 valence electrons. The van der Waals surface area contributed by atoms with Crippen molar-refractivity contribution in [2.75, 3.05) is 0 Å². The molecule has 1 aromatic heterocycles. The fourth-order valence-electron chi connectivity index (χ4n) is 1.58. The first-order chi connectivity index (χ1) is 7.31. The maximum Gasteiger partial charge on any atom is 0.0837 e. The Hall–Kier alpha value is -0.830. The highest BCUT2D eigenvalue weighted by Crippen LogP contribution is 2.18. The number of aromatic nitrogens is 2. The van der Waals surface area contributed by atoms with Gasteiger partial charge in [-0.15, -0.1) is 0 Å². The van der Waals surface area contributed by atoms with Gasteiger partial charge in [0.2, 0.25) is 0 Å². The van der Waals surface area contributed by atoms with Crippen molar-refractivity contribution in [2.24, 2.45) is 11.8 Å². The normalized spacial score (nSPS) is 15.8. The van der Waals surface area contributed by atoms with Crippen LogP contribution in [-0.4, -0.2) is 20.5 Å².